The third kappa shape index (κ3) is 4.12. The molecule has 2 aromatic rings. The summed E-state index contributed by atoms with van der Waals surface area (Å²) in [6.45, 7) is 2.84. The van der Waals surface area contributed by atoms with Crippen LogP contribution in [0.2, 0.25) is 0 Å². The van der Waals surface area contributed by atoms with Crippen molar-refractivity contribution >= 4 is 5.91 Å². The van der Waals surface area contributed by atoms with Crippen LogP contribution in [0.1, 0.15) is 19.8 Å². The fourth-order valence-electron chi connectivity index (χ4n) is 1.72. The molecule has 5 heteroatoms. The number of nitrogens with one attached hydrogen (secondary N) is 1. The first-order valence-corrected chi connectivity index (χ1v) is 6.79. The molecule has 0 unspecified atom stereocenters. The van der Waals surface area contributed by atoms with Crippen molar-refractivity contribution in [1.29, 1.82) is 0 Å². The number of rotatable bonds is 7. The Morgan fingerprint density at radius 3 is 2.80 bits per heavy atom. The molecule has 0 saturated heterocycles. The molecule has 0 saturated carbocycles. The monoisotopic (exact) mass is 273 g/mol. The lowest BCUT2D eigenvalue weighted by Gasteiger charge is -2.08. The number of unbranched alkanes of at least 4 members (excludes halogenated alkanes) is 1. The van der Waals surface area contributed by atoms with E-state index in [0.717, 1.165) is 18.5 Å². The van der Waals surface area contributed by atoms with Gasteiger partial charge in [0.1, 0.15) is 5.75 Å². The van der Waals surface area contributed by atoms with E-state index >= 15 is 0 Å². The SMILES string of the molecule is CCCCNC(=O)COc1ccc(-n2cccn2)cc1. The van der Waals surface area contributed by atoms with E-state index in [1.807, 2.05) is 36.5 Å². The molecule has 5 nitrogen and oxygen atoms in total. The molecule has 0 aliphatic heterocycles. The quantitative estimate of drug-likeness (QED) is 0.787. The summed E-state index contributed by atoms with van der Waals surface area (Å²) in [5.41, 5.74) is 0.953. The van der Waals surface area contributed by atoms with Crippen LogP contribution >= 0.6 is 0 Å². The summed E-state index contributed by atoms with van der Waals surface area (Å²) >= 11 is 0. The number of amides is 1. The molecule has 0 aliphatic rings. The smallest absolute Gasteiger partial charge is 0.257 e. The highest BCUT2D eigenvalue weighted by Crippen LogP contribution is 2.14. The number of hydrogen-bond acceptors (Lipinski definition) is 3. The number of nitrogens with zero attached hydrogens (tertiary/aromatic N) is 2. The van der Waals surface area contributed by atoms with Crippen molar-refractivity contribution in [2.24, 2.45) is 0 Å². The van der Waals surface area contributed by atoms with Gasteiger partial charge in [0.05, 0.1) is 5.69 Å². The van der Waals surface area contributed by atoms with Gasteiger partial charge in [-0.2, -0.15) is 5.10 Å². The molecule has 0 bridgehead atoms. The Balaban J connectivity index is 1.81. The maximum absolute atomic E-state index is 11.5. The second kappa shape index (κ2) is 7.33. The van der Waals surface area contributed by atoms with Crippen LogP contribution in [-0.4, -0.2) is 28.8 Å². The second-order valence-electron chi connectivity index (χ2n) is 4.44. The minimum atomic E-state index is -0.0883. The van der Waals surface area contributed by atoms with Crippen LogP contribution in [0.3, 0.4) is 0 Å². The van der Waals surface area contributed by atoms with E-state index in [2.05, 4.69) is 17.3 Å². The summed E-state index contributed by atoms with van der Waals surface area (Å²) in [4.78, 5) is 11.5. The Kier molecular flexibility index (Phi) is 5.17. The number of hydrogen-bond donors (Lipinski definition) is 1. The van der Waals surface area contributed by atoms with Crippen LogP contribution < -0.4 is 10.1 Å². The minimum absolute atomic E-state index is 0.0465. The molecule has 0 atom stereocenters. The zero-order valence-corrected chi connectivity index (χ0v) is 11.6. The van der Waals surface area contributed by atoms with Crippen LogP contribution in [0.4, 0.5) is 0 Å². The van der Waals surface area contributed by atoms with Crippen LogP contribution in [0.25, 0.3) is 5.69 Å². The highest BCUT2D eigenvalue weighted by atomic mass is 16.5. The summed E-state index contributed by atoms with van der Waals surface area (Å²) in [7, 11) is 0. The molecule has 106 valence electrons. The maximum atomic E-state index is 11.5. The first-order valence-electron chi connectivity index (χ1n) is 6.79. The molecule has 20 heavy (non-hydrogen) atoms. The van der Waals surface area contributed by atoms with Gasteiger partial charge in [0.15, 0.2) is 6.61 Å². The lowest BCUT2D eigenvalue weighted by Crippen LogP contribution is -2.29. The molecular formula is C15H19N3O2. The second-order valence-corrected chi connectivity index (χ2v) is 4.44. The number of aromatic nitrogens is 2. The normalized spacial score (nSPS) is 10.2. The van der Waals surface area contributed by atoms with Gasteiger partial charge in [-0.1, -0.05) is 13.3 Å². The van der Waals surface area contributed by atoms with Crippen LogP contribution in [0.15, 0.2) is 42.7 Å². The Hall–Kier alpha value is -2.30. The summed E-state index contributed by atoms with van der Waals surface area (Å²) < 4.78 is 7.19. The first kappa shape index (κ1) is 14.1. The van der Waals surface area contributed by atoms with E-state index in [0.29, 0.717) is 12.3 Å². The minimum Gasteiger partial charge on any atom is -0.484 e. The van der Waals surface area contributed by atoms with Crippen molar-refractivity contribution in [2.45, 2.75) is 19.8 Å². The molecule has 1 N–H and O–H groups in total. The zero-order valence-electron chi connectivity index (χ0n) is 11.6. The highest BCUT2D eigenvalue weighted by molar-refractivity contribution is 5.77. The van der Waals surface area contributed by atoms with Gasteiger partial charge in [-0.15, -0.1) is 0 Å². The van der Waals surface area contributed by atoms with Gasteiger partial charge in [-0.3, -0.25) is 4.79 Å². The maximum Gasteiger partial charge on any atom is 0.257 e. The van der Waals surface area contributed by atoms with E-state index in [9.17, 15) is 4.79 Å². The van der Waals surface area contributed by atoms with Gasteiger partial charge < -0.3 is 10.1 Å². The fourth-order valence-corrected chi connectivity index (χ4v) is 1.72. The number of carbonyl (C=O) groups is 1. The van der Waals surface area contributed by atoms with Crippen LogP contribution in [0, 0.1) is 0 Å². The molecule has 1 aromatic carbocycles. The molecule has 1 aromatic heterocycles. The Bertz CT molecular complexity index is 521. The first-order chi connectivity index (χ1) is 9.79. The van der Waals surface area contributed by atoms with Gasteiger partial charge in [-0.25, -0.2) is 4.68 Å². The van der Waals surface area contributed by atoms with Gasteiger partial charge in [-0.05, 0) is 36.8 Å². The van der Waals surface area contributed by atoms with Crippen molar-refractivity contribution < 1.29 is 9.53 Å². The third-order valence-corrected chi connectivity index (χ3v) is 2.83. The van der Waals surface area contributed by atoms with Crippen molar-refractivity contribution in [3.63, 3.8) is 0 Å². The summed E-state index contributed by atoms with van der Waals surface area (Å²) in [5, 5.41) is 6.95. The van der Waals surface area contributed by atoms with Crippen molar-refractivity contribution in [2.75, 3.05) is 13.2 Å². The Morgan fingerprint density at radius 2 is 2.15 bits per heavy atom. The van der Waals surface area contributed by atoms with Gasteiger partial charge in [0.2, 0.25) is 0 Å². The fraction of sp³-hybridized carbons (Fsp3) is 0.333. The standard InChI is InChI=1S/C15H19N3O2/c1-2-3-9-16-15(19)12-20-14-7-5-13(6-8-14)18-11-4-10-17-18/h4-8,10-11H,2-3,9,12H2,1H3,(H,16,19). The average Bonchev–Trinajstić information content (AvgIpc) is 3.00. The number of ether oxygens (including phenoxy) is 1. The zero-order chi connectivity index (χ0) is 14.2. The van der Waals surface area contributed by atoms with Crippen LogP contribution in [0.5, 0.6) is 5.75 Å². The van der Waals surface area contributed by atoms with E-state index in [1.54, 1.807) is 10.9 Å². The predicted octanol–water partition coefficient (Wildman–Crippen LogP) is 2.17. The predicted molar refractivity (Wildman–Crippen MR) is 77.0 cm³/mol. The molecule has 1 amide bonds. The largest absolute Gasteiger partial charge is 0.484 e. The van der Waals surface area contributed by atoms with Gasteiger partial charge >= 0.3 is 0 Å². The Morgan fingerprint density at radius 1 is 1.35 bits per heavy atom. The van der Waals surface area contributed by atoms with Gasteiger partial charge in [0, 0.05) is 18.9 Å². The molecule has 0 aliphatic carbocycles. The summed E-state index contributed by atoms with van der Waals surface area (Å²) in [6, 6.07) is 9.33. The lowest BCUT2D eigenvalue weighted by molar-refractivity contribution is -0.123. The van der Waals surface area contributed by atoms with Crippen molar-refractivity contribution in [3.05, 3.63) is 42.7 Å². The third-order valence-electron chi connectivity index (χ3n) is 2.83. The van der Waals surface area contributed by atoms with E-state index in [-0.39, 0.29) is 12.5 Å². The molecule has 1 heterocycles. The Labute approximate surface area is 118 Å². The van der Waals surface area contributed by atoms with Crippen molar-refractivity contribution in [1.82, 2.24) is 15.1 Å². The molecule has 0 radical (unpaired) electrons. The van der Waals surface area contributed by atoms with E-state index < -0.39 is 0 Å². The molecular weight excluding hydrogens is 254 g/mol. The topological polar surface area (TPSA) is 56.1 Å². The average molecular weight is 273 g/mol. The van der Waals surface area contributed by atoms with Crippen molar-refractivity contribution in [3.8, 4) is 11.4 Å². The number of carbonyl (C=O) groups excluding carboxylic acids is 1. The number of benzene rings is 1. The lowest BCUT2D eigenvalue weighted by atomic mass is 10.3. The summed E-state index contributed by atoms with van der Waals surface area (Å²) in [6.07, 6.45) is 5.66. The van der Waals surface area contributed by atoms with Gasteiger partial charge in [0.25, 0.3) is 5.91 Å². The summed E-state index contributed by atoms with van der Waals surface area (Å²) in [5.74, 6) is 0.584. The van der Waals surface area contributed by atoms with E-state index in [1.165, 1.54) is 0 Å². The highest BCUT2D eigenvalue weighted by Gasteiger charge is 2.02. The molecule has 2 rings (SSSR count). The molecule has 0 fully saturated rings. The van der Waals surface area contributed by atoms with Crippen LogP contribution in [-0.2, 0) is 4.79 Å². The van der Waals surface area contributed by atoms with E-state index in [4.69, 9.17) is 4.74 Å². The molecule has 0 spiro atoms.